The fourth-order valence-electron chi connectivity index (χ4n) is 3.68. The molecule has 0 N–H and O–H groups in total. The van der Waals surface area contributed by atoms with Gasteiger partial charge in [-0.3, -0.25) is 0 Å². The third-order valence-corrected chi connectivity index (χ3v) is 5.69. The van der Waals surface area contributed by atoms with Crippen LogP contribution in [0.15, 0.2) is 88.3 Å². The molecule has 9 nitrogen and oxygen atoms in total. The van der Waals surface area contributed by atoms with Gasteiger partial charge < -0.3 is 24.0 Å². The maximum atomic E-state index is 13.0. The number of terminal acetylenes is 1. The first-order chi connectivity index (χ1) is 20.7. The fraction of sp³-hybridized carbons (Fsp3) is 0.226. The van der Waals surface area contributed by atoms with Crippen LogP contribution in [0.25, 0.3) is 0 Å². The molecule has 43 heavy (non-hydrogen) atoms. The fourth-order valence-corrected chi connectivity index (χ4v) is 3.68. The lowest BCUT2D eigenvalue weighted by atomic mass is 10.0. The molecule has 0 heterocycles. The highest BCUT2D eigenvalue weighted by atomic mass is 19.4. The number of halogens is 3. The average Bonchev–Trinajstić information content (AvgIpc) is 3.01. The summed E-state index contributed by atoms with van der Waals surface area (Å²) in [5.74, 6) is 2.06. The molecule has 12 heteroatoms. The van der Waals surface area contributed by atoms with E-state index in [0.717, 1.165) is 12.1 Å². The van der Waals surface area contributed by atoms with Gasteiger partial charge in [0, 0.05) is 16.7 Å². The Kier molecular flexibility index (Phi) is 11.7. The van der Waals surface area contributed by atoms with Crippen molar-refractivity contribution in [2.45, 2.75) is 26.3 Å². The van der Waals surface area contributed by atoms with Crippen LogP contribution in [0.4, 0.5) is 13.2 Å². The summed E-state index contributed by atoms with van der Waals surface area (Å²) in [5, 5.41) is 12.0. The van der Waals surface area contributed by atoms with Gasteiger partial charge in [-0.2, -0.15) is 13.2 Å². The van der Waals surface area contributed by atoms with Crippen LogP contribution in [0.3, 0.4) is 0 Å². The number of nitrogens with zero attached hydrogens (tertiary/aromatic N) is 3. The second-order valence-corrected chi connectivity index (χ2v) is 8.65. The third-order valence-electron chi connectivity index (χ3n) is 5.69. The Labute approximate surface area is 246 Å². The zero-order chi connectivity index (χ0) is 31.2. The molecule has 0 amide bonds. The molecule has 3 aromatic rings. The minimum absolute atomic E-state index is 0.0337. The van der Waals surface area contributed by atoms with Crippen molar-refractivity contribution in [2.75, 3.05) is 20.8 Å². The Morgan fingerprint density at radius 1 is 0.884 bits per heavy atom. The van der Waals surface area contributed by atoms with E-state index in [-0.39, 0.29) is 25.5 Å². The minimum Gasteiger partial charge on any atom is -0.489 e. The van der Waals surface area contributed by atoms with Crippen LogP contribution in [0.5, 0.6) is 5.75 Å². The van der Waals surface area contributed by atoms with Gasteiger partial charge in [0.2, 0.25) is 0 Å². The number of carbonyl (C=O) groups is 1. The number of carbonyl (C=O) groups excluding carboxylic acids is 1. The van der Waals surface area contributed by atoms with Crippen LogP contribution in [0.1, 0.15) is 34.7 Å². The highest BCUT2D eigenvalue weighted by Crippen LogP contribution is 2.29. The van der Waals surface area contributed by atoms with Gasteiger partial charge in [-0.05, 0) is 48.9 Å². The van der Waals surface area contributed by atoms with Gasteiger partial charge in [-0.1, -0.05) is 57.8 Å². The molecule has 0 fully saturated rings. The van der Waals surface area contributed by atoms with Gasteiger partial charge in [0.15, 0.2) is 12.3 Å². The molecule has 0 saturated heterocycles. The van der Waals surface area contributed by atoms with Gasteiger partial charge in [0.05, 0.1) is 12.7 Å². The zero-order valence-corrected chi connectivity index (χ0v) is 23.6. The number of benzene rings is 3. The predicted octanol–water partition coefficient (Wildman–Crippen LogP) is 5.75. The summed E-state index contributed by atoms with van der Waals surface area (Å²) in [5.41, 5.74) is 1.84. The SMILES string of the molecule is C#CCON=C(C(C)=NOCc1ccccc1C(=NOC)C(=O)OC)c1ccc(OCc2cccc(C(F)(F)F)c2)cc1. The van der Waals surface area contributed by atoms with E-state index >= 15 is 0 Å². The molecule has 0 radical (unpaired) electrons. The van der Waals surface area contributed by atoms with Crippen molar-refractivity contribution in [1.29, 1.82) is 0 Å². The first-order valence-corrected chi connectivity index (χ1v) is 12.6. The second kappa shape index (κ2) is 15.6. The van der Waals surface area contributed by atoms with E-state index in [9.17, 15) is 18.0 Å². The summed E-state index contributed by atoms with van der Waals surface area (Å²) in [6.07, 6.45) is 0.831. The summed E-state index contributed by atoms with van der Waals surface area (Å²) in [6.45, 7) is 1.47. The van der Waals surface area contributed by atoms with Gasteiger partial charge in [0.1, 0.15) is 37.5 Å². The quantitative estimate of drug-likeness (QED) is 0.0820. The van der Waals surface area contributed by atoms with E-state index in [4.69, 9.17) is 30.4 Å². The molecule has 3 rings (SSSR count). The average molecular weight is 596 g/mol. The van der Waals surface area contributed by atoms with E-state index < -0.39 is 17.7 Å². The molecule has 0 atom stereocenters. The van der Waals surface area contributed by atoms with Crippen molar-refractivity contribution in [2.24, 2.45) is 15.5 Å². The number of hydrogen-bond acceptors (Lipinski definition) is 9. The second-order valence-electron chi connectivity index (χ2n) is 8.65. The van der Waals surface area contributed by atoms with E-state index in [0.29, 0.717) is 39.4 Å². The highest BCUT2D eigenvalue weighted by molar-refractivity contribution is 6.47. The standard InChI is InChI=1S/C31H28F3N3O6/c1-5-17-42-37-28(21(2)35-43-20-24-10-6-7-12-27(24)29(36-40-4)30(38)39-3)23-13-15-26(16-14-23)41-19-22-9-8-11-25(18-22)31(32,33)34/h1,6-16,18H,17,19-20H2,2-4H3. The Bertz CT molecular complexity index is 1530. The summed E-state index contributed by atoms with van der Waals surface area (Å²) >= 11 is 0. The van der Waals surface area contributed by atoms with Crippen molar-refractivity contribution in [3.63, 3.8) is 0 Å². The predicted molar refractivity (Wildman–Crippen MR) is 153 cm³/mol. The summed E-state index contributed by atoms with van der Waals surface area (Å²) in [6, 6.07) is 18.4. The highest BCUT2D eigenvalue weighted by Gasteiger charge is 2.30. The lowest BCUT2D eigenvalue weighted by Crippen LogP contribution is -2.19. The van der Waals surface area contributed by atoms with E-state index in [1.54, 1.807) is 61.5 Å². The van der Waals surface area contributed by atoms with Crippen LogP contribution in [0, 0.1) is 12.3 Å². The van der Waals surface area contributed by atoms with E-state index in [1.165, 1.54) is 20.3 Å². The number of ether oxygens (including phenoxy) is 2. The van der Waals surface area contributed by atoms with Gasteiger partial charge in [-0.15, -0.1) is 6.42 Å². The maximum Gasteiger partial charge on any atom is 0.416 e. The number of rotatable bonds is 13. The smallest absolute Gasteiger partial charge is 0.416 e. The summed E-state index contributed by atoms with van der Waals surface area (Å²) < 4.78 is 49.4. The van der Waals surface area contributed by atoms with Crippen LogP contribution >= 0.6 is 0 Å². The number of esters is 1. The van der Waals surface area contributed by atoms with Crippen LogP contribution in [0.2, 0.25) is 0 Å². The van der Waals surface area contributed by atoms with Crippen molar-refractivity contribution >= 4 is 23.1 Å². The van der Waals surface area contributed by atoms with Gasteiger partial charge >= 0.3 is 12.1 Å². The molecular formula is C31H28F3N3O6. The molecule has 0 aliphatic heterocycles. The third kappa shape index (κ3) is 9.36. The Hall–Kier alpha value is -5.31. The number of hydrogen-bond donors (Lipinski definition) is 0. The lowest BCUT2D eigenvalue weighted by Gasteiger charge is -2.11. The van der Waals surface area contributed by atoms with Crippen molar-refractivity contribution in [1.82, 2.24) is 0 Å². The zero-order valence-electron chi connectivity index (χ0n) is 23.6. The Balaban J connectivity index is 1.75. The van der Waals surface area contributed by atoms with Crippen molar-refractivity contribution in [3.8, 4) is 18.1 Å². The molecular weight excluding hydrogens is 567 g/mol. The largest absolute Gasteiger partial charge is 0.489 e. The molecule has 0 spiro atoms. The molecule has 0 bridgehead atoms. The van der Waals surface area contributed by atoms with E-state index in [2.05, 4.69) is 21.4 Å². The summed E-state index contributed by atoms with van der Waals surface area (Å²) in [4.78, 5) is 27.8. The number of methoxy groups -OCH3 is 1. The molecule has 224 valence electrons. The number of alkyl halides is 3. The minimum atomic E-state index is -4.44. The Morgan fingerprint density at radius 2 is 1.63 bits per heavy atom. The van der Waals surface area contributed by atoms with Crippen molar-refractivity contribution in [3.05, 3.63) is 101 Å². The molecule has 0 aliphatic carbocycles. The monoisotopic (exact) mass is 595 g/mol. The first kappa shape index (κ1) is 32.2. The molecule has 0 aliphatic rings. The molecule has 0 unspecified atom stereocenters. The van der Waals surface area contributed by atoms with Crippen molar-refractivity contribution < 1.29 is 42.0 Å². The molecule has 3 aromatic carbocycles. The topological polar surface area (TPSA) is 100 Å². The molecule has 0 aromatic heterocycles. The van der Waals surface area contributed by atoms with E-state index in [1.807, 2.05) is 0 Å². The van der Waals surface area contributed by atoms with Gasteiger partial charge in [-0.25, -0.2) is 4.79 Å². The van der Waals surface area contributed by atoms with Gasteiger partial charge in [0.25, 0.3) is 0 Å². The molecule has 0 saturated carbocycles. The van der Waals surface area contributed by atoms with Crippen LogP contribution < -0.4 is 4.74 Å². The lowest BCUT2D eigenvalue weighted by molar-refractivity contribution is -0.137. The maximum absolute atomic E-state index is 13.0. The van der Waals surface area contributed by atoms with Crippen LogP contribution in [-0.4, -0.2) is 43.9 Å². The number of oxime groups is 3. The summed E-state index contributed by atoms with van der Waals surface area (Å²) in [7, 11) is 2.55. The Morgan fingerprint density at radius 3 is 2.30 bits per heavy atom. The normalized spacial score (nSPS) is 12.3. The first-order valence-electron chi connectivity index (χ1n) is 12.6. The van der Waals surface area contributed by atoms with Crippen LogP contribution in [-0.2, 0) is 43.4 Å².